The highest BCUT2D eigenvalue weighted by molar-refractivity contribution is 7.13. The maximum atomic E-state index is 11.6. The fourth-order valence-electron chi connectivity index (χ4n) is 2.76. The molecular weight excluding hydrogens is 288 g/mol. The van der Waals surface area contributed by atoms with E-state index in [1.54, 1.807) is 24.5 Å². The normalized spacial score (nSPS) is 23.3. The number of aromatic nitrogens is 1. The molecule has 0 amide bonds. The molecule has 1 unspecified atom stereocenters. The average Bonchev–Trinajstić information content (AvgIpc) is 3.12. The van der Waals surface area contributed by atoms with Crippen LogP contribution in [0.25, 0.3) is 10.8 Å². The summed E-state index contributed by atoms with van der Waals surface area (Å²) in [4.78, 5) is 19.0. The van der Waals surface area contributed by atoms with E-state index in [0.29, 0.717) is 18.9 Å². The van der Waals surface area contributed by atoms with E-state index in [9.17, 15) is 9.90 Å². The van der Waals surface area contributed by atoms with Crippen molar-refractivity contribution in [2.45, 2.75) is 38.3 Å². The summed E-state index contributed by atoms with van der Waals surface area (Å²) in [6.45, 7) is 3.09. The van der Waals surface area contributed by atoms with Gasteiger partial charge in [-0.3, -0.25) is 9.69 Å². The third-order valence-corrected chi connectivity index (χ3v) is 4.99. The molecule has 0 saturated carbocycles. The van der Waals surface area contributed by atoms with Gasteiger partial charge in [0, 0.05) is 6.54 Å². The van der Waals surface area contributed by atoms with Gasteiger partial charge in [-0.2, -0.15) is 0 Å². The van der Waals surface area contributed by atoms with Gasteiger partial charge in [0.15, 0.2) is 0 Å². The van der Waals surface area contributed by atoms with Crippen LogP contribution in [0.3, 0.4) is 0 Å². The van der Waals surface area contributed by atoms with Crippen molar-refractivity contribution in [2.24, 2.45) is 0 Å². The zero-order chi connectivity index (χ0) is 14.9. The van der Waals surface area contributed by atoms with Crippen molar-refractivity contribution in [3.8, 4) is 10.8 Å². The highest BCUT2D eigenvalue weighted by Gasteiger charge is 2.41. The zero-order valence-electron chi connectivity index (χ0n) is 11.9. The third-order valence-electron chi connectivity index (χ3n) is 4.14. The quantitative estimate of drug-likeness (QED) is 0.939. The summed E-state index contributed by atoms with van der Waals surface area (Å²) in [5.74, 6) is -0.154. The second-order valence-corrected chi connectivity index (χ2v) is 6.53. The maximum absolute atomic E-state index is 11.6. The lowest BCUT2D eigenvalue weighted by Gasteiger charge is -2.41. The minimum absolute atomic E-state index is 0.512. The average molecular weight is 306 g/mol. The molecule has 1 saturated heterocycles. The number of piperidine rings is 1. The number of rotatable bonds is 4. The van der Waals surface area contributed by atoms with Crippen LogP contribution in [-0.4, -0.2) is 33.0 Å². The summed E-state index contributed by atoms with van der Waals surface area (Å²) >= 11 is 1.58. The van der Waals surface area contributed by atoms with Crippen molar-refractivity contribution in [3.63, 3.8) is 0 Å². The Morgan fingerprint density at radius 2 is 2.43 bits per heavy atom. The summed E-state index contributed by atoms with van der Waals surface area (Å²) in [5.41, 5.74) is -0.0203. The van der Waals surface area contributed by atoms with Crippen molar-refractivity contribution in [2.75, 3.05) is 6.54 Å². The standard InChI is InChI=1S/C15H18N2O3S/c1-15(14(18)19)6-2-3-7-17(15)9-11-10-20-13(16-11)12-5-4-8-21-12/h4-5,8,10H,2-3,6-7,9H2,1H3,(H,18,19). The highest BCUT2D eigenvalue weighted by Crippen LogP contribution is 2.30. The van der Waals surface area contributed by atoms with Crippen LogP contribution in [-0.2, 0) is 11.3 Å². The van der Waals surface area contributed by atoms with Gasteiger partial charge in [-0.25, -0.2) is 4.98 Å². The lowest BCUT2D eigenvalue weighted by Crippen LogP contribution is -2.54. The summed E-state index contributed by atoms with van der Waals surface area (Å²) in [5, 5.41) is 11.5. The smallest absolute Gasteiger partial charge is 0.323 e. The summed E-state index contributed by atoms with van der Waals surface area (Å²) in [6.07, 6.45) is 4.29. The van der Waals surface area contributed by atoms with Crippen molar-refractivity contribution < 1.29 is 14.3 Å². The third kappa shape index (κ3) is 2.73. The lowest BCUT2D eigenvalue weighted by molar-refractivity contribution is -0.153. The number of carboxylic acid groups (broad SMARTS) is 1. The molecule has 5 nitrogen and oxygen atoms in total. The van der Waals surface area contributed by atoms with E-state index in [1.165, 1.54) is 0 Å². The first kappa shape index (κ1) is 14.3. The van der Waals surface area contributed by atoms with Crippen LogP contribution in [0.4, 0.5) is 0 Å². The number of oxazole rings is 1. The number of nitrogens with zero attached hydrogens (tertiary/aromatic N) is 2. The number of carboxylic acids is 1. The molecule has 1 aliphatic rings. The van der Waals surface area contributed by atoms with Crippen molar-refractivity contribution in [1.82, 2.24) is 9.88 Å². The van der Waals surface area contributed by atoms with E-state index in [-0.39, 0.29) is 0 Å². The monoisotopic (exact) mass is 306 g/mol. The predicted molar refractivity (Wildman–Crippen MR) is 80.1 cm³/mol. The van der Waals surface area contributed by atoms with Gasteiger partial charge in [0.05, 0.1) is 10.6 Å². The topological polar surface area (TPSA) is 66.6 Å². The van der Waals surface area contributed by atoms with E-state index >= 15 is 0 Å². The molecule has 3 heterocycles. The SMILES string of the molecule is CC1(C(=O)O)CCCCN1Cc1coc(-c2cccs2)n1. The Balaban J connectivity index is 1.78. The van der Waals surface area contributed by atoms with E-state index in [2.05, 4.69) is 4.98 Å². The molecule has 2 aromatic heterocycles. The Morgan fingerprint density at radius 1 is 1.57 bits per heavy atom. The van der Waals surface area contributed by atoms with Crippen LogP contribution < -0.4 is 0 Å². The molecule has 21 heavy (non-hydrogen) atoms. The number of thiophene rings is 1. The van der Waals surface area contributed by atoms with Gasteiger partial charge in [-0.1, -0.05) is 6.07 Å². The Labute approximate surface area is 127 Å². The van der Waals surface area contributed by atoms with Crippen molar-refractivity contribution >= 4 is 17.3 Å². The molecule has 1 N–H and O–H groups in total. The summed E-state index contributed by atoms with van der Waals surface area (Å²) in [7, 11) is 0. The predicted octanol–water partition coefficient (Wildman–Crippen LogP) is 3.23. The molecule has 0 radical (unpaired) electrons. The van der Waals surface area contributed by atoms with Gasteiger partial charge in [-0.15, -0.1) is 11.3 Å². The molecule has 1 atom stereocenters. The highest BCUT2D eigenvalue weighted by atomic mass is 32.1. The molecule has 0 aliphatic carbocycles. The molecule has 6 heteroatoms. The van der Waals surface area contributed by atoms with Crippen LogP contribution in [0, 0.1) is 0 Å². The van der Waals surface area contributed by atoms with Crippen LogP contribution in [0.2, 0.25) is 0 Å². The second kappa shape index (κ2) is 5.61. The van der Waals surface area contributed by atoms with Crippen LogP contribution in [0.5, 0.6) is 0 Å². The van der Waals surface area contributed by atoms with E-state index in [0.717, 1.165) is 30.0 Å². The van der Waals surface area contributed by atoms with Crippen LogP contribution >= 0.6 is 11.3 Å². The first-order valence-corrected chi connectivity index (χ1v) is 7.94. The molecule has 112 valence electrons. The lowest BCUT2D eigenvalue weighted by atomic mass is 9.88. The van der Waals surface area contributed by atoms with Crippen molar-refractivity contribution in [3.05, 3.63) is 29.5 Å². The van der Waals surface area contributed by atoms with Gasteiger partial charge in [0.1, 0.15) is 11.8 Å². The number of likely N-dealkylation sites (tertiary alicyclic amines) is 1. The molecule has 0 spiro atoms. The Kier molecular flexibility index (Phi) is 3.82. The van der Waals surface area contributed by atoms with Gasteiger partial charge < -0.3 is 9.52 Å². The second-order valence-electron chi connectivity index (χ2n) is 5.58. The Morgan fingerprint density at radius 3 is 3.14 bits per heavy atom. The molecule has 1 aliphatic heterocycles. The molecule has 1 fully saturated rings. The van der Waals surface area contributed by atoms with E-state index in [4.69, 9.17) is 4.42 Å². The number of hydrogen-bond donors (Lipinski definition) is 1. The molecule has 0 aromatic carbocycles. The largest absolute Gasteiger partial charge is 0.480 e. The van der Waals surface area contributed by atoms with E-state index < -0.39 is 11.5 Å². The molecular formula is C15H18N2O3S. The Hall–Kier alpha value is -1.66. The van der Waals surface area contributed by atoms with Crippen LogP contribution in [0.1, 0.15) is 31.9 Å². The van der Waals surface area contributed by atoms with Gasteiger partial charge >= 0.3 is 5.97 Å². The summed E-state index contributed by atoms with van der Waals surface area (Å²) < 4.78 is 5.50. The minimum Gasteiger partial charge on any atom is -0.480 e. The van der Waals surface area contributed by atoms with Gasteiger partial charge in [0.25, 0.3) is 0 Å². The minimum atomic E-state index is -0.805. The molecule has 0 bridgehead atoms. The number of carbonyl (C=O) groups is 1. The molecule has 2 aromatic rings. The fraction of sp³-hybridized carbons (Fsp3) is 0.467. The maximum Gasteiger partial charge on any atom is 0.323 e. The van der Waals surface area contributed by atoms with Crippen molar-refractivity contribution in [1.29, 1.82) is 0 Å². The fourth-order valence-corrected chi connectivity index (χ4v) is 3.42. The first-order chi connectivity index (χ1) is 10.1. The number of hydrogen-bond acceptors (Lipinski definition) is 5. The van der Waals surface area contributed by atoms with E-state index in [1.807, 2.05) is 22.4 Å². The Bertz CT molecular complexity index is 623. The van der Waals surface area contributed by atoms with Gasteiger partial charge in [-0.05, 0) is 44.2 Å². The first-order valence-electron chi connectivity index (χ1n) is 7.06. The van der Waals surface area contributed by atoms with Gasteiger partial charge in [0.2, 0.25) is 5.89 Å². The molecule has 3 rings (SSSR count). The zero-order valence-corrected chi connectivity index (χ0v) is 12.7. The number of aliphatic carboxylic acids is 1. The van der Waals surface area contributed by atoms with Crippen LogP contribution in [0.15, 0.2) is 28.2 Å². The summed E-state index contributed by atoms with van der Waals surface area (Å²) in [6, 6.07) is 3.92.